The fraction of sp³-hybridized carbons (Fsp3) is 0. The summed E-state index contributed by atoms with van der Waals surface area (Å²) in [5.41, 5.74) is 6.06. The summed E-state index contributed by atoms with van der Waals surface area (Å²) >= 11 is 0. The van der Waals surface area contributed by atoms with Crippen LogP contribution in [0.5, 0.6) is 0 Å². The van der Waals surface area contributed by atoms with Crippen molar-refractivity contribution in [2.75, 3.05) is 0 Å². The maximum absolute atomic E-state index is 10.9. The van der Waals surface area contributed by atoms with E-state index < -0.39 is 46.5 Å². The molecule has 0 unspecified atom stereocenters. The molecule has 2 amide bonds. The number of nitrogens with zero attached hydrogens (tertiary/aromatic N) is 2. The lowest BCUT2D eigenvalue weighted by Gasteiger charge is -2.05. The third kappa shape index (κ3) is 2.21. The van der Waals surface area contributed by atoms with Crippen LogP contribution >= 0.6 is 0 Å². The topological polar surface area (TPSA) is 187 Å². The molecule has 10 heteroatoms. The van der Waals surface area contributed by atoms with Gasteiger partial charge in [0.05, 0.1) is 0 Å². The van der Waals surface area contributed by atoms with E-state index in [4.69, 9.17) is 21.7 Å². The van der Waals surface area contributed by atoms with E-state index in [0.29, 0.717) is 0 Å². The maximum atomic E-state index is 10.9. The number of aromatic nitrogens is 2. The van der Waals surface area contributed by atoms with Gasteiger partial charge in [-0.05, 0) is 0 Å². The van der Waals surface area contributed by atoms with E-state index in [1.54, 1.807) is 0 Å². The Hall–Kier alpha value is -3.04. The number of primary amides is 2. The number of carbonyl (C=O) groups excluding carboxylic acids is 2. The second-order valence-electron chi connectivity index (χ2n) is 2.96. The van der Waals surface area contributed by atoms with Crippen molar-refractivity contribution in [3.8, 4) is 0 Å². The molecule has 1 heterocycles. The van der Waals surface area contributed by atoms with Crippen molar-refractivity contribution in [3.63, 3.8) is 0 Å². The third-order valence-corrected chi connectivity index (χ3v) is 1.77. The van der Waals surface area contributed by atoms with Crippen molar-refractivity contribution < 1.29 is 29.4 Å². The lowest BCUT2D eigenvalue weighted by atomic mass is 10.2. The van der Waals surface area contributed by atoms with Gasteiger partial charge in [0.25, 0.3) is 11.8 Å². The van der Waals surface area contributed by atoms with Crippen LogP contribution in [-0.4, -0.2) is 43.9 Å². The summed E-state index contributed by atoms with van der Waals surface area (Å²) in [4.78, 5) is 49.8. The van der Waals surface area contributed by atoms with Crippen molar-refractivity contribution in [1.82, 2.24) is 9.97 Å². The monoisotopic (exact) mass is 254 g/mol. The number of nitrogens with two attached hydrogens (primary N) is 2. The van der Waals surface area contributed by atoms with Gasteiger partial charge in [0.15, 0.2) is 22.8 Å². The molecule has 1 rings (SSSR count). The summed E-state index contributed by atoms with van der Waals surface area (Å²) in [7, 11) is 0. The molecule has 0 spiro atoms. The van der Waals surface area contributed by atoms with Crippen LogP contribution in [0.3, 0.4) is 0 Å². The standard InChI is InChI=1S/C8H6N4O6/c9-5(13)1-3(7(15)16)12-4(8(17)18)2(11-1)6(10)14/h(H2,9,13)(H2,10,14)(H,15,16)(H,17,18). The van der Waals surface area contributed by atoms with Crippen LogP contribution in [0.4, 0.5) is 0 Å². The van der Waals surface area contributed by atoms with Gasteiger partial charge in [-0.25, -0.2) is 19.6 Å². The zero-order valence-corrected chi connectivity index (χ0v) is 8.58. The van der Waals surface area contributed by atoms with Crippen LogP contribution in [0.15, 0.2) is 0 Å². The number of carboxylic acids is 2. The second kappa shape index (κ2) is 4.45. The number of carbonyl (C=O) groups is 4. The predicted octanol–water partition coefficient (Wildman–Crippen LogP) is -1.93. The lowest BCUT2D eigenvalue weighted by molar-refractivity contribution is 0.0673. The number of hydrogen-bond acceptors (Lipinski definition) is 6. The van der Waals surface area contributed by atoms with Crippen molar-refractivity contribution in [2.45, 2.75) is 0 Å². The van der Waals surface area contributed by atoms with Gasteiger partial charge in [0.2, 0.25) is 0 Å². The Morgan fingerprint density at radius 3 is 1.22 bits per heavy atom. The zero-order valence-electron chi connectivity index (χ0n) is 8.58. The van der Waals surface area contributed by atoms with E-state index in [-0.39, 0.29) is 0 Å². The normalized spacial score (nSPS) is 9.78. The molecule has 0 aliphatic carbocycles. The summed E-state index contributed by atoms with van der Waals surface area (Å²) in [6.07, 6.45) is 0. The highest BCUT2D eigenvalue weighted by Crippen LogP contribution is 2.09. The Morgan fingerprint density at radius 2 is 1.00 bits per heavy atom. The van der Waals surface area contributed by atoms with Gasteiger partial charge in [-0.3, -0.25) is 9.59 Å². The van der Waals surface area contributed by atoms with Gasteiger partial charge in [0, 0.05) is 0 Å². The van der Waals surface area contributed by atoms with E-state index in [2.05, 4.69) is 9.97 Å². The summed E-state index contributed by atoms with van der Waals surface area (Å²) < 4.78 is 0. The van der Waals surface area contributed by atoms with Gasteiger partial charge in [-0.15, -0.1) is 0 Å². The number of amides is 2. The Kier molecular flexibility index (Phi) is 3.22. The molecule has 6 N–H and O–H groups in total. The first kappa shape index (κ1) is 13.0. The number of rotatable bonds is 4. The van der Waals surface area contributed by atoms with Crippen LogP contribution in [0.25, 0.3) is 0 Å². The Morgan fingerprint density at radius 1 is 0.722 bits per heavy atom. The van der Waals surface area contributed by atoms with Crippen molar-refractivity contribution in [2.24, 2.45) is 11.5 Å². The molecule has 10 nitrogen and oxygen atoms in total. The van der Waals surface area contributed by atoms with Crippen molar-refractivity contribution >= 4 is 23.8 Å². The summed E-state index contributed by atoms with van der Waals surface area (Å²) in [6, 6.07) is 0. The molecule has 1 aromatic rings. The van der Waals surface area contributed by atoms with Crippen LogP contribution < -0.4 is 11.5 Å². The molecule has 0 saturated carbocycles. The van der Waals surface area contributed by atoms with Crippen LogP contribution in [0, 0.1) is 0 Å². The van der Waals surface area contributed by atoms with Gasteiger partial charge in [-0.2, -0.15) is 0 Å². The molecule has 0 bridgehead atoms. The molecule has 18 heavy (non-hydrogen) atoms. The van der Waals surface area contributed by atoms with Crippen LogP contribution in [-0.2, 0) is 0 Å². The van der Waals surface area contributed by atoms with Crippen molar-refractivity contribution in [3.05, 3.63) is 22.8 Å². The van der Waals surface area contributed by atoms with E-state index in [0.717, 1.165) is 0 Å². The number of aromatic carboxylic acids is 2. The highest BCUT2D eigenvalue weighted by atomic mass is 16.4. The number of carboxylic acid groups (broad SMARTS) is 2. The molecule has 0 atom stereocenters. The van der Waals surface area contributed by atoms with Crippen LogP contribution in [0.1, 0.15) is 42.0 Å². The molecule has 1 aromatic heterocycles. The summed E-state index contributed by atoms with van der Waals surface area (Å²) in [5.74, 6) is -5.98. The fourth-order valence-corrected chi connectivity index (χ4v) is 1.08. The number of hydrogen-bond donors (Lipinski definition) is 4. The smallest absolute Gasteiger partial charge is 0.357 e. The highest BCUT2D eigenvalue weighted by molar-refractivity contribution is 6.06. The first-order valence-corrected chi connectivity index (χ1v) is 4.24. The Balaban J connectivity index is 3.71. The molecule has 0 aliphatic heterocycles. The predicted molar refractivity (Wildman–Crippen MR) is 53.0 cm³/mol. The minimum atomic E-state index is -1.71. The van der Waals surface area contributed by atoms with Gasteiger partial charge < -0.3 is 21.7 Å². The largest absolute Gasteiger partial charge is 0.476 e. The SMILES string of the molecule is NC(=O)c1nc(C(N)=O)c(C(=O)O)nc1C(=O)O. The Bertz CT molecular complexity index is 483. The average molecular weight is 254 g/mol. The Labute approximate surface area is 98.2 Å². The van der Waals surface area contributed by atoms with Crippen molar-refractivity contribution in [1.29, 1.82) is 0 Å². The van der Waals surface area contributed by atoms with E-state index >= 15 is 0 Å². The zero-order chi connectivity index (χ0) is 14.0. The average Bonchev–Trinajstić information content (AvgIpc) is 2.26. The van der Waals surface area contributed by atoms with Gasteiger partial charge >= 0.3 is 11.9 Å². The highest BCUT2D eigenvalue weighted by Gasteiger charge is 2.27. The second-order valence-corrected chi connectivity index (χ2v) is 2.96. The fourth-order valence-electron chi connectivity index (χ4n) is 1.08. The molecule has 94 valence electrons. The van der Waals surface area contributed by atoms with E-state index in [1.807, 2.05) is 0 Å². The molecule has 0 aromatic carbocycles. The van der Waals surface area contributed by atoms with Gasteiger partial charge in [-0.1, -0.05) is 0 Å². The first-order chi connectivity index (χ1) is 8.25. The lowest BCUT2D eigenvalue weighted by Crippen LogP contribution is -2.27. The molecular weight excluding hydrogens is 248 g/mol. The molecule has 0 fully saturated rings. The maximum Gasteiger partial charge on any atom is 0.357 e. The minimum Gasteiger partial charge on any atom is -0.476 e. The molecule has 0 saturated heterocycles. The molecular formula is C8H6N4O6. The summed E-state index contributed by atoms with van der Waals surface area (Å²) in [5, 5.41) is 17.5. The van der Waals surface area contributed by atoms with Crippen LogP contribution in [0.2, 0.25) is 0 Å². The van der Waals surface area contributed by atoms with E-state index in [9.17, 15) is 19.2 Å². The minimum absolute atomic E-state index is 0.846. The molecule has 0 aliphatic rings. The first-order valence-electron chi connectivity index (χ1n) is 4.24. The molecule has 0 radical (unpaired) electrons. The van der Waals surface area contributed by atoms with E-state index in [1.165, 1.54) is 0 Å². The quantitative estimate of drug-likeness (QED) is 0.477. The summed E-state index contributed by atoms with van der Waals surface area (Å²) in [6.45, 7) is 0. The third-order valence-electron chi connectivity index (χ3n) is 1.77. The van der Waals surface area contributed by atoms with Gasteiger partial charge in [0.1, 0.15) is 0 Å².